The second-order valence-electron chi connectivity index (χ2n) is 7.03. The molecule has 2 aliphatic rings. The maximum Gasteiger partial charge on any atom is 0.212 e. The Morgan fingerprint density at radius 2 is 1.48 bits per heavy atom. The van der Waals surface area contributed by atoms with Gasteiger partial charge in [-0.2, -0.15) is 0 Å². The van der Waals surface area contributed by atoms with Gasteiger partial charge in [0.05, 0.1) is 13.2 Å². The van der Waals surface area contributed by atoms with Crippen molar-refractivity contribution in [1.29, 1.82) is 0 Å². The van der Waals surface area contributed by atoms with Gasteiger partial charge in [-0.05, 0) is 37.1 Å². The SMILES string of the molecule is Cc1cc(C)cc(NC2=C(N3CCOCC3)C(=O)c3ccccc3C2=O)c1. The van der Waals surface area contributed by atoms with Crippen LogP contribution in [-0.4, -0.2) is 42.8 Å². The molecule has 0 amide bonds. The van der Waals surface area contributed by atoms with Crippen LogP contribution >= 0.6 is 0 Å². The summed E-state index contributed by atoms with van der Waals surface area (Å²) in [6, 6.07) is 13.1. The fourth-order valence-corrected chi connectivity index (χ4v) is 3.76. The minimum atomic E-state index is -0.147. The number of anilines is 1. The number of nitrogens with zero attached hydrogens (tertiary/aromatic N) is 1. The normalized spacial score (nSPS) is 17.2. The number of carbonyl (C=O) groups is 2. The predicted molar refractivity (Wildman–Crippen MR) is 104 cm³/mol. The van der Waals surface area contributed by atoms with E-state index in [1.54, 1.807) is 24.3 Å². The Balaban J connectivity index is 1.83. The van der Waals surface area contributed by atoms with E-state index in [1.807, 2.05) is 30.9 Å². The summed E-state index contributed by atoms with van der Waals surface area (Å²) in [6.45, 7) is 6.30. The van der Waals surface area contributed by atoms with Crippen LogP contribution in [0.1, 0.15) is 31.8 Å². The lowest BCUT2D eigenvalue weighted by molar-refractivity contribution is 0.0496. The van der Waals surface area contributed by atoms with Crippen molar-refractivity contribution < 1.29 is 14.3 Å². The number of morpholine rings is 1. The Morgan fingerprint density at radius 1 is 0.889 bits per heavy atom. The van der Waals surface area contributed by atoms with Crippen LogP contribution < -0.4 is 5.32 Å². The highest BCUT2D eigenvalue weighted by Gasteiger charge is 2.35. The summed E-state index contributed by atoms with van der Waals surface area (Å²) in [4.78, 5) is 28.5. The summed E-state index contributed by atoms with van der Waals surface area (Å²) in [6.07, 6.45) is 0. The van der Waals surface area contributed by atoms with E-state index in [4.69, 9.17) is 4.74 Å². The summed E-state index contributed by atoms with van der Waals surface area (Å²) < 4.78 is 5.43. The molecule has 0 bridgehead atoms. The Hall–Kier alpha value is -2.92. The van der Waals surface area contributed by atoms with Gasteiger partial charge in [0.2, 0.25) is 11.6 Å². The minimum Gasteiger partial charge on any atom is -0.378 e. The summed E-state index contributed by atoms with van der Waals surface area (Å²) in [5.41, 5.74) is 4.73. The van der Waals surface area contributed by atoms with Gasteiger partial charge in [-0.15, -0.1) is 0 Å². The second kappa shape index (κ2) is 7.00. The number of aryl methyl sites for hydroxylation is 2. The number of ether oxygens (including phenoxy) is 1. The first kappa shape index (κ1) is 17.5. The maximum absolute atomic E-state index is 13.3. The molecule has 0 saturated carbocycles. The Labute approximate surface area is 158 Å². The summed E-state index contributed by atoms with van der Waals surface area (Å²) in [7, 11) is 0. The van der Waals surface area contributed by atoms with Crippen molar-refractivity contribution in [3.63, 3.8) is 0 Å². The average molecular weight is 362 g/mol. The Morgan fingerprint density at radius 3 is 2.11 bits per heavy atom. The van der Waals surface area contributed by atoms with Crippen LogP contribution in [0.15, 0.2) is 53.9 Å². The van der Waals surface area contributed by atoms with Gasteiger partial charge in [0.1, 0.15) is 11.4 Å². The molecule has 0 aromatic heterocycles. The van der Waals surface area contributed by atoms with Crippen molar-refractivity contribution in [1.82, 2.24) is 4.90 Å². The smallest absolute Gasteiger partial charge is 0.212 e. The van der Waals surface area contributed by atoms with Crippen molar-refractivity contribution in [2.45, 2.75) is 13.8 Å². The standard InChI is InChI=1S/C22H22N2O3/c1-14-11-15(2)13-16(12-14)23-19-20(24-7-9-27-10-8-24)22(26)18-6-4-3-5-17(18)21(19)25/h3-6,11-13,23H,7-10H2,1-2H3. The van der Waals surface area contributed by atoms with Crippen LogP contribution in [0.3, 0.4) is 0 Å². The van der Waals surface area contributed by atoms with Gasteiger partial charge in [-0.3, -0.25) is 9.59 Å². The molecule has 1 saturated heterocycles. The van der Waals surface area contributed by atoms with Gasteiger partial charge in [0.15, 0.2) is 0 Å². The summed E-state index contributed by atoms with van der Waals surface area (Å²) in [5.74, 6) is -0.259. The number of allylic oxidation sites excluding steroid dienone is 2. The number of benzene rings is 2. The van der Waals surface area contributed by atoms with E-state index >= 15 is 0 Å². The highest BCUT2D eigenvalue weighted by molar-refractivity contribution is 6.27. The lowest BCUT2D eigenvalue weighted by atomic mass is 9.89. The second-order valence-corrected chi connectivity index (χ2v) is 7.03. The Bertz CT molecular complexity index is 936. The number of fused-ring (bicyclic) bond motifs is 1. The lowest BCUT2D eigenvalue weighted by Gasteiger charge is -2.34. The number of rotatable bonds is 3. The summed E-state index contributed by atoms with van der Waals surface area (Å²) >= 11 is 0. The van der Waals surface area contributed by atoms with Crippen LogP contribution in [-0.2, 0) is 4.74 Å². The van der Waals surface area contributed by atoms with Crippen LogP contribution in [0, 0.1) is 13.8 Å². The molecular formula is C22H22N2O3. The maximum atomic E-state index is 13.3. The first-order valence-corrected chi connectivity index (χ1v) is 9.15. The third-order valence-corrected chi connectivity index (χ3v) is 4.91. The molecule has 0 atom stereocenters. The predicted octanol–water partition coefficient (Wildman–Crippen LogP) is 3.34. The monoisotopic (exact) mass is 362 g/mol. The third-order valence-electron chi connectivity index (χ3n) is 4.91. The number of nitrogens with one attached hydrogen (secondary N) is 1. The van der Waals surface area contributed by atoms with E-state index in [0.717, 1.165) is 16.8 Å². The zero-order chi connectivity index (χ0) is 19.0. The largest absolute Gasteiger partial charge is 0.378 e. The molecule has 0 radical (unpaired) electrons. The molecule has 2 aromatic rings. The van der Waals surface area contributed by atoms with Gasteiger partial charge in [0.25, 0.3) is 0 Å². The van der Waals surface area contributed by atoms with Crippen molar-refractivity contribution in [2.24, 2.45) is 0 Å². The van der Waals surface area contributed by atoms with Crippen molar-refractivity contribution in [3.05, 3.63) is 76.1 Å². The first-order valence-electron chi connectivity index (χ1n) is 9.15. The molecule has 5 heteroatoms. The molecule has 0 unspecified atom stereocenters. The highest BCUT2D eigenvalue weighted by Crippen LogP contribution is 2.30. The number of hydrogen-bond acceptors (Lipinski definition) is 5. The van der Waals surface area contributed by atoms with Gasteiger partial charge in [-0.1, -0.05) is 30.3 Å². The first-order chi connectivity index (χ1) is 13.0. The number of Topliss-reactive ketones (excluding diaryl/α,β-unsaturated/α-hetero) is 2. The summed E-state index contributed by atoms with van der Waals surface area (Å²) in [5, 5.41) is 3.26. The van der Waals surface area contributed by atoms with E-state index in [-0.39, 0.29) is 11.6 Å². The Kier molecular flexibility index (Phi) is 4.54. The van der Waals surface area contributed by atoms with E-state index < -0.39 is 0 Å². The minimum absolute atomic E-state index is 0.112. The average Bonchev–Trinajstić information content (AvgIpc) is 2.66. The number of hydrogen-bond donors (Lipinski definition) is 1. The van der Waals surface area contributed by atoms with Gasteiger partial charge in [0, 0.05) is 29.9 Å². The molecule has 27 heavy (non-hydrogen) atoms. The molecule has 1 aliphatic heterocycles. The van der Waals surface area contributed by atoms with E-state index in [9.17, 15) is 9.59 Å². The quantitative estimate of drug-likeness (QED) is 0.908. The van der Waals surface area contributed by atoms with Crippen LogP contribution in [0.4, 0.5) is 5.69 Å². The van der Waals surface area contributed by atoms with E-state index in [1.165, 1.54) is 0 Å². The number of carbonyl (C=O) groups excluding carboxylic acids is 2. The molecule has 1 aliphatic carbocycles. The van der Waals surface area contributed by atoms with Crippen molar-refractivity contribution in [3.8, 4) is 0 Å². The lowest BCUT2D eigenvalue weighted by Crippen LogP contribution is -2.42. The fourth-order valence-electron chi connectivity index (χ4n) is 3.76. The topological polar surface area (TPSA) is 58.6 Å². The molecule has 1 N–H and O–H groups in total. The van der Waals surface area contributed by atoms with Gasteiger partial charge < -0.3 is 15.0 Å². The molecular weight excluding hydrogens is 340 g/mol. The van der Waals surface area contributed by atoms with Crippen LogP contribution in [0.25, 0.3) is 0 Å². The molecule has 2 aromatic carbocycles. The molecule has 5 nitrogen and oxygen atoms in total. The molecule has 1 heterocycles. The molecule has 4 rings (SSSR count). The molecule has 138 valence electrons. The van der Waals surface area contributed by atoms with Gasteiger partial charge >= 0.3 is 0 Å². The zero-order valence-electron chi connectivity index (χ0n) is 15.5. The van der Waals surface area contributed by atoms with Gasteiger partial charge in [-0.25, -0.2) is 0 Å². The zero-order valence-corrected chi connectivity index (χ0v) is 15.5. The van der Waals surface area contributed by atoms with E-state index in [0.29, 0.717) is 48.8 Å². The van der Waals surface area contributed by atoms with Crippen LogP contribution in [0.5, 0.6) is 0 Å². The highest BCUT2D eigenvalue weighted by atomic mass is 16.5. The fraction of sp³-hybridized carbons (Fsp3) is 0.273. The van der Waals surface area contributed by atoms with Crippen molar-refractivity contribution >= 4 is 17.3 Å². The molecule has 0 spiro atoms. The number of ketones is 2. The van der Waals surface area contributed by atoms with Crippen molar-refractivity contribution in [2.75, 3.05) is 31.6 Å². The van der Waals surface area contributed by atoms with Crippen LogP contribution in [0.2, 0.25) is 0 Å². The van der Waals surface area contributed by atoms with E-state index in [2.05, 4.69) is 11.4 Å². The molecule has 1 fully saturated rings. The third kappa shape index (κ3) is 3.26.